The lowest BCUT2D eigenvalue weighted by atomic mass is 9.83. The molecule has 2 aliphatic rings. The molecule has 0 radical (unpaired) electrons. The highest BCUT2D eigenvalue weighted by Crippen LogP contribution is 2.29. The quantitative estimate of drug-likeness (QED) is 0.515. The van der Waals surface area contributed by atoms with Crippen molar-refractivity contribution in [1.82, 2.24) is 29.8 Å². The predicted molar refractivity (Wildman–Crippen MR) is 130 cm³/mol. The maximum atomic E-state index is 14.0. The molecule has 5 rings (SSSR count). The first-order chi connectivity index (χ1) is 17.1. The number of nitrogens with zero attached hydrogens (tertiary/aromatic N) is 6. The van der Waals surface area contributed by atoms with E-state index < -0.39 is 6.43 Å². The summed E-state index contributed by atoms with van der Waals surface area (Å²) >= 11 is 0. The molecular formula is C25H33F2N7O. The number of nitrogens with one attached hydrogen (secondary N) is 1. The third-order valence-electron chi connectivity index (χ3n) is 7.20. The second-order valence-corrected chi connectivity index (χ2v) is 9.44. The molecule has 1 aliphatic heterocycles. The van der Waals surface area contributed by atoms with Gasteiger partial charge < -0.3 is 15.0 Å². The lowest BCUT2D eigenvalue weighted by Gasteiger charge is -2.28. The lowest BCUT2D eigenvalue weighted by molar-refractivity contribution is 0.122. The summed E-state index contributed by atoms with van der Waals surface area (Å²) in [5.41, 5.74) is 1.06. The van der Waals surface area contributed by atoms with Crippen LogP contribution in [0.25, 0.3) is 17.0 Å². The standard InChI is InChI=1S/C25H33F2N7O/c1-28-18-11-9-17(10-12-18)5-4-8-21-30-24(33-13-15-35-16-14-33)32-25(31-21)34-20-7-3-2-6-19(20)29-23(34)22(26)27/h2-3,6-7,17-18,22,28H,4-5,8-16H2,1H3. The number of para-hydroxylation sites is 2. The molecule has 0 bridgehead atoms. The summed E-state index contributed by atoms with van der Waals surface area (Å²) in [5.74, 6) is 1.73. The van der Waals surface area contributed by atoms with Crippen molar-refractivity contribution in [2.24, 2.45) is 5.92 Å². The number of hydrogen-bond acceptors (Lipinski definition) is 7. The largest absolute Gasteiger partial charge is 0.378 e. The summed E-state index contributed by atoms with van der Waals surface area (Å²) in [6.07, 6.45) is 4.97. The minimum absolute atomic E-state index is 0.204. The number of ether oxygens (including phenoxy) is 1. The number of imidazole rings is 1. The normalized spacial score (nSPS) is 21.2. The van der Waals surface area contributed by atoms with Gasteiger partial charge in [0.1, 0.15) is 5.82 Å². The van der Waals surface area contributed by atoms with E-state index in [1.807, 2.05) is 18.0 Å². The molecule has 2 aromatic heterocycles. The van der Waals surface area contributed by atoms with Gasteiger partial charge >= 0.3 is 0 Å². The van der Waals surface area contributed by atoms with Crippen LogP contribution in [0.4, 0.5) is 14.7 Å². The number of rotatable bonds is 8. The topological polar surface area (TPSA) is 81.0 Å². The highest BCUT2D eigenvalue weighted by molar-refractivity contribution is 5.77. The van der Waals surface area contributed by atoms with E-state index in [9.17, 15) is 8.78 Å². The third kappa shape index (κ3) is 5.43. The summed E-state index contributed by atoms with van der Waals surface area (Å²) < 4.78 is 34.8. The number of halogens is 2. The van der Waals surface area contributed by atoms with Crippen molar-refractivity contribution in [2.75, 3.05) is 38.3 Å². The van der Waals surface area contributed by atoms with E-state index in [1.165, 1.54) is 30.3 Å². The van der Waals surface area contributed by atoms with Gasteiger partial charge in [-0.15, -0.1) is 0 Å². The fraction of sp³-hybridized carbons (Fsp3) is 0.600. The number of alkyl halides is 2. The van der Waals surface area contributed by atoms with E-state index in [0.717, 1.165) is 18.8 Å². The minimum atomic E-state index is -2.75. The predicted octanol–water partition coefficient (Wildman–Crippen LogP) is 4.09. The number of aromatic nitrogens is 5. The molecule has 2 fully saturated rings. The highest BCUT2D eigenvalue weighted by Gasteiger charge is 2.25. The maximum absolute atomic E-state index is 14.0. The van der Waals surface area contributed by atoms with Crippen molar-refractivity contribution in [3.8, 4) is 5.95 Å². The zero-order chi connectivity index (χ0) is 24.2. The average molecular weight is 486 g/mol. The van der Waals surface area contributed by atoms with Crippen molar-refractivity contribution in [1.29, 1.82) is 0 Å². The molecule has 0 atom stereocenters. The minimum Gasteiger partial charge on any atom is -0.378 e. The van der Waals surface area contributed by atoms with Gasteiger partial charge in [0.05, 0.1) is 24.2 Å². The van der Waals surface area contributed by atoms with Crippen molar-refractivity contribution >= 4 is 17.0 Å². The number of anilines is 1. The number of hydrogen-bond donors (Lipinski definition) is 1. The number of aryl methyl sites for hydroxylation is 1. The molecule has 1 saturated carbocycles. The van der Waals surface area contributed by atoms with Crippen molar-refractivity contribution in [3.63, 3.8) is 0 Å². The fourth-order valence-corrected chi connectivity index (χ4v) is 5.20. The van der Waals surface area contributed by atoms with E-state index in [0.29, 0.717) is 61.6 Å². The molecular weight excluding hydrogens is 452 g/mol. The van der Waals surface area contributed by atoms with Crippen LogP contribution < -0.4 is 10.2 Å². The van der Waals surface area contributed by atoms with Gasteiger partial charge in [-0.1, -0.05) is 18.6 Å². The van der Waals surface area contributed by atoms with Crippen molar-refractivity contribution in [2.45, 2.75) is 57.4 Å². The fourth-order valence-electron chi connectivity index (χ4n) is 5.20. The number of fused-ring (bicyclic) bond motifs is 1. The maximum Gasteiger partial charge on any atom is 0.296 e. The molecule has 3 aromatic rings. The van der Waals surface area contributed by atoms with Crippen LogP contribution in [0.3, 0.4) is 0 Å². The van der Waals surface area contributed by atoms with Crippen LogP contribution in [0.5, 0.6) is 0 Å². The van der Waals surface area contributed by atoms with Gasteiger partial charge in [-0.3, -0.25) is 4.57 Å². The van der Waals surface area contributed by atoms with E-state index in [4.69, 9.17) is 9.72 Å². The molecule has 1 aromatic carbocycles. The van der Waals surface area contributed by atoms with Gasteiger partial charge in [0.25, 0.3) is 6.43 Å². The van der Waals surface area contributed by atoms with Crippen LogP contribution >= 0.6 is 0 Å². The zero-order valence-electron chi connectivity index (χ0n) is 20.2. The third-order valence-corrected chi connectivity index (χ3v) is 7.20. The number of morpholine rings is 1. The highest BCUT2D eigenvalue weighted by atomic mass is 19.3. The molecule has 0 spiro atoms. The van der Waals surface area contributed by atoms with Crippen LogP contribution in [-0.4, -0.2) is 63.9 Å². The Morgan fingerprint density at radius 1 is 1.00 bits per heavy atom. The summed E-state index contributed by atoms with van der Waals surface area (Å²) in [7, 11) is 2.04. The lowest BCUT2D eigenvalue weighted by Crippen LogP contribution is -2.37. The number of benzene rings is 1. The Hall–Kier alpha value is -2.72. The molecule has 1 aliphatic carbocycles. The Morgan fingerprint density at radius 2 is 1.74 bits per heavy atom. The van der Waals surface area contributed by atoms with Crippen LogP contribution in [0.15, 0.2) is 24.3 Å². The summed E-state index contributed by atoms with van der Waals surface area (Å²) in [6, 6.07) is 7.74. The molecule has 3 heterocycles. The van der Waals surface area contributed by atoms with Crippen LogP contribution in [0, 0.1) is 5.92 Å². The first-order valence-electron chi connectivity index (χ1n) is 12.6. The second kappa shape index (κ2) is 10.9. The van der Waals surface area contributed by atoms with Crippen molar-refractivity contribution < 1.29 is 13.5 Å². The van der Waals surface area contributed by atoms with E-state index >= 15 is 0 Å². The zero-order valence-corrected chi connectivity index (χ0v) is 20.2. The first kappa shape index (κ1) is 24.0. The SMILES string of the molecule is CNC1CCC(CCCc2nc(N3CCOCC3)nc(-n3c(C(F)F)nc4ccccc43)n2)CC1. The molecule has 35 heavy (non-hydrogen) atoms. The average Bonchev–Trinajstić information content (AvgIpc) is 3.30. The monoisotopic (exact) mass is 485 g/mol. The molecule has 1 saturated heterocycles. The van der Waals surface area contributed by atoms with E-state index in [2.05, 4.69) is 20.3 Å². The Bertz CT molecular complexity index is 1120. The Balaban J connectivity index is 1.43. The molecule has 10 heteroatoms. The van der Waals surface area contributed by atoms with Gasteiger partial charge in [-0.05, 0) is 57.2 Å². The molecule has 1 N–H and O–H groups in total. The van der Waals surface area contributed by atoms with Gasteiger partial charge in [-0.2, -0.15) is 15.0 Å². The van der Waals surface area contributed by atoms with Gasteiger partial charge in [0.2, 0.25) is 11.9 Å². The Labute approximate surface area is 204 Å². The summed E-state index contributed by atoms with van der Waals surface area (Å²) in [6.45, 7) is 2.48. The Morgan fingerprint density at radius 3 is 2.49 bits per heavy atom. The summed E-state index contributed by atoms with van der Waals surface area (Å²) in [4.78, 5) is 20.3. The van der Waals surface area contributed by atoms with E-state index in [-0.39, 0.29) is 11.8 Å². The summed E-state index contributed by atoms with van der Waals surface area (Å²) in [5, 5.41) is 3.39. The molecule has 0 amide bonds. The molecule has 188 valence electrons. The second-order valence-electron chi connectivity index (χ2n) is 9.44. The van der Waals surface area contributed by atoms with Gasteiger partial charge in [0.15, 0.2) is 5.82 Å². The van der Waals surface area contributed by atoms with Gasteiger partial charge in [0, 0.05) is 25.6 Å². The first-order valence-corrected chi connectivity index (χ1v) is 12.6. The van der Waals surface area contributed by atoms with Crippen LogP contribution in [0.2, 0.25) is 0 Å². The van der Waals surface area contributed by atoms with E-state index in [1.54, 1.807) is 18.2 Å². The Kier molecular flexibility index (Phi) is 7.48. The van der Waals surface area contributed by atoms with Gasteiger partial charge in [-0.25, -0.2) is 13.8 Å². The van der Waals surface area contributed by atoms with Crippen molar-refractivity contribution in [3.05, 3.63) is 35.9 Å². The molecule has 8 nitrogen and oxygen atoms in total. The van der Waals surface area contributed by atoms with Crippen LogP contribution in [-0.2, 0) is 11.2 Å². The smallest absolute Gasteiger partial charge is 0.296 e. The van der Waals surface area contributed by atoms with Crippen LogP contribution in [0.1, 0.15) is 56.6 Å². The molecule has 0 unspecified atom stereocenters.